The predicted octanol–water partition coefficient (Wildman–Crippen LogP) is 2.32. The summed E-state index contributed by atoms with van der Waals surface area (Å²) < 4.78 is 1.10. The molecule has 0 aliphatic heterocycles. The summed E-state index contributed by atoms with van der Waals surface area (Å²) in [5.74, 6) is -1.15. The van der Waals surface area contributed by atoms with E-state index in [1.807, 2.05) is 6.07 Å². The Morgan fingerprint density at radius 1 is 1.12 bits per heavy atom. The summed E-state index contributed by atoms with van der Waals surface area (Å²) >= 11 is 6.14. The number of aliphatic carboxylic acids is 1. The number of carboxylic acid groups (broad SMARTS) is 1. The van der Waals surface area contributed by atoms with E-state index in [0.717, 1.165) is 4.68 Å². The number of nitrogens with one attached hydrogen (secondary N) is 1. The summed E-state index contributed by atoms with van der Waals surface area (Å²) in [5, 5.41) is 16.0. The second-order valence-corrected chi connectivity index (χ2v) is 6.16. The van der Waals surface area contributed by atoms with Crippen LogP contribution in [0.2, 0.25) is 5.02 Å². The molecule has 7 nitrogen and oxygen atoms in total. The molecule has 0 aliphatic carbocycles. The van der Waals surface area contributed by atoms with Crippen LogP contribution in [0.5, 0.6) is 0 Å². The van der Waals surface area contributed by atoms with Gasteiger partial charge in [-0.2, -0.15) is 5.10 Å². The maximum Gasteiger partial charge on any atom is 0.303 e. The van der Waals surface area contributed by atoms with Gasteiger partial charge in [-0.1, -0.05) is 36.2 Å². The Morgan fingerprint density at radius 3 is 2.62 bits per heavy atom. The van der Waals surface area contributed by atoms with Crippen LogP contribution in [0.3, 0.4) is 0 Å². The zero-order valence-corrected chi connectivity index (χ0v) is 14.9. The molecular weight excluding hydrogens is 358 g/mol. The number of amides is 1. The minimum atomic E-state index is -0.821. The van der Waals surface area contributed by atoms with Crippen LogP contribution < -0.4 is 10.9 Å². The van der Waals surface area contributed by atoms with E-state index >= 15 is 0 Å². The van der Waals surface area contributed by atoms with Gasteiger partial charge >= 0.3 is 5.97 Å². The monoisotopic (exact) mass is 377 g/mol. The number of benzene rings is 1. The van der Waals surface area contributed by atoms with E-state index in [1.54, 1.807) is 24.3 Å². The number of aromatic nitrogens is 2. The highest BCUT2D eigenvalue weighted by molar-refractivity contribution is 6.33. The lowest BCUT2D eigenvalue weighted by molar-refractivity contribution is -0.137. The highest BCUT2D eigenvalue weighted by Crippen LogP contribution is 2.24. The predicted molar refractivity (Wildman–Crippen MR) is 98.1 cm³/mol. The highest BCUT2D eigenvalue weighted by Gasteiger charge is 2.09. The lowest BCUT2D eigenvalue weighted by Gasteiger charge is -2.09. The summed E-state index contributed by atoms with van der Waals surface area (Å²) in [6, 6.07) is 10.0. The molecule has 8 heteroatoms. The molecule has 0 aliphatic rings. The second kappa shape index (κ2) is 9.72. The lowest BCUT2D eigenvalue weighted by Crippen LogP contribution is -2.34. The number of carboxylic acids is 1. The molecule has 1 aromatic carbocycles. The average molecular weight is 378 g/mol. The van der Waals surface area contributed by atoms with Crippen LogP contribution in [-0.2, 0) is 16.1 Å². The van der Waals surface area contributed by atoms with Crippen molar-refractivity contribution in [2.45, 2.75) is 32.2 Å². The fourth-order valence-corrected chi connectivity index (χ4v) is 2.61. The van der Waals surface area contributed by atoms with Gasteiger partial charge in [0.25, 0.3) is 5.56 Å². The number of carbonyl (C=O) groups excluding carboxylic acids is 1. The van der Waals surface area contributed by atoms with Crippen LogP contribution in [0.25, 0.3) is 11.3 Å². The van der Waals surface area contributed by atoms with E-state index in [1.165, 1.54) is 6.07 Å². The van der Waals surface area contributed by atoms with Crippen molar-refractivity contribution in [1.82, 2.24) is 15.1 Å². The van der Waals surface area contributed by atoms with Gasteiger partial charge in [-0.3, -0.25) is 14.4 Å². The van der Waals surface area contributed by atoms with Crippen molar-refractivity contribution < 1.29 is 14.7 Å². The van der Waals surface area contributed by atoms with Gasteiger partial charge in [0.15, 0.2) is 0 Å². The highest BCUT2D eigenvalue weighted by atomic mass is 35.5. The SMILES string of the molecule is O=C(O)CCCCCNC(=O)Cn1nc(-c2ccccc2Cl)ccc1=O. The van der Waals surface area contributed by atoms with Gasteiger partial charge in [-0.05, 0) is 25.0 Å². The smallest absolute Gasteiger partial charge is 0.303 e. The first kappa shape index (κ1) is 19.7. The van der Waals surface area contributed by atoms with Crippen molar-refractivity contribution in [3.8, 4) is 11.3 Å². The number of nitrogens with zero attached hydrogens (tertiary/aromatic N) is 2. The first-order chi connectivity index (χ1) is 12.5. The Hall–Kier alpha value is -2.67. The summed E-state index contributed by atoms with van der Waals surface area (Å²) in [6.07, 6.45) is 2.10. The van der Waals surface area contributed by atoms with E-state index in [0.29, 0.717) is 42.1 Å². The zero-order chi connectivity index (χ0) is 18.9. The Bertz CT molecular complexity index is 835. The third-order valence-corrected chi connectivity index (χ3v) is 4.03. The standard InChI is InChI=1S/C18H20ClN3O4/c19-14-7-4-3-6-13(14)15-9-10-17(24)22(21-15)12-16(23)20-11-5-1-2-8-18(25)26/h3-4,6-7,9-10H,1-2,5,8,11-12H2,(H,20,23)(H,25,26). The first-order valence-corrected chi connectivity index (χ1v) is 8.67. The van der Waals surface area contributed by atoms with Crippen LogP contribution in [0.4, 0.5) is 0 Å². The van der Waals surface area contributed by atoms with E-state index in [4.69, 9.17) is 16.7 Å². The topological polar surface area (TPSA) is 101 Å². The summed E-state index contributed by atoms with van der Waals surface area (Å²) in [7, 11) is 0. The number of rotatable bonds is 9. The molecule has 0 saturated carbocycles. The van der Waals surface area contributed by atoms with E-state index in [2.05, 4.69) is 10.4 Å². The molecule has 0 unspecified atom stereocenters. The van der Waals surface area contributed by atoms with Crippen LogP contribution in [0.1, 0.15) is 25.7 Å². The van der Waals surface area contributed by atoms with Crippen LogP contribution in [0, 0.1) is 0 Å². The molecule has 2 aromatic rings. The van der Waals surface area contributed by atoms with Gasteiger partial charge in [-0.15, -0.1) is 0 Å². The lowest BCUT2D eigenvalue weighted by atomic mass is 10.1. The van der Waals surface area contributed by atoms with Crippen LogP contribution >= 0.6 is 11.6 Å². The van der Waals surface area contributed by atoms with Gasteiger partial charge in [0, 0.05) is 24.6 Å². The van der Waals surface area contributed by atoms with Crippen molar-refractivity contribution in [3.63, 3.8) is 0 Å². The van der Waals surface area contributed by atoms with Crippen molar-refractivity contribution in [2.24, 2.45) is 0 Å². The Kier molecular flexibility index (Phi) is 7.35. The third-order valence-electron chi connectivity index (χ3n) is 3.70. The maximum atomic E-state index is 12.0. The van der Waals surface area contributed by atoms with Crippen molar-refractivity contribution in [3.05, 3.63) is 51.8 Å². The third kappa shape index (κ3) is 6.00. The molecule has 0 atom stereocenters. The zero-order valence-electron chi connectivity index (χ0n) is 14.2. The molecule has 0 spiro atoms. The summed E-state index contributed by atoms with van der Waals surface area (Å²) in [4.78, 5) is 34.3. The van der Waals surface area contributed by atoms with E-state index in [-0.39, 0.29) is 24.4 Å². The molecule has 2 rings (SSSR count). The normalized spacial score (nSPS) is 10.5. The van der Waals surface area contributed by atoms with Crippen molar-refractivity contribution in [2.75, 3.05) is 6.54 Å². The Labute approximate surface area is 155 Å². The average Bonchev–Trinajstić information content (AvgIpc) is 2.60. The van der Waals surface area contributed by atoms with Crippen molar-refractivity contribution >= 4 is 23.5 Å². The molecule has 1 amide bonds. The minimum Gasteiger partial charge on any atom is -0.481 e. The summed E-state index contributed by atoms with van der Waals surface area (Å²) in [6.45, 7) is 0.240. The fourth-order valence-electron chi connectivity index (χ4n) is 2.37. The number of hydrogen-bond acceptors (Lipinski definition) is 4. The molecule has 0 bridgehead atoms. The van der Waals surface area contributed by atoms with Gasteiger partial charge in [0.1, 0.15) is 6.54 Å². The second-order valence-electron chi connectivity index (χ2n) is 5.75. The molecule has 26 heavy (non-hydrogen) atoms. The molecule has 0 fully saturated rings. The molecule has 1 aromatic heterocycles. The van der Waals surface area contributed by atoms with Gasteiger partial charge in [0.2, 0.25) is 5.91 Å². The number of halogens is 1. The largest absolute Gasteiger partial charge is 0.481 e. The maximum absolute atomic E-state index is 12.0. The summed E-state index contributed by atoms with van der Waals surface area (Å²) in [5.41, 5.74) is 0.816. The van der Waals surface area contributed by atoms with Crippen LogP contribution in [0.15, 0.2) is 41.2 Å². The molecule has 138 valence electrons. The van der Waals surface area contributed by atoms with E-state index in [9.17, 15) is 14.4 Å². The Morgan fingerprint density at radius 2 is 1.88 bits per heavy atom. The molecular formula is C18H20ClN3O4. The Balaban J connectivity index is 1.91. The molecule has 2 N–H and O–H groups in total. The molecule has 1 heterocycles. The minimum absolute atomic E-state index is 0.127. The molecule has 0 radical (unpaired) electrons. The quantitative estimate of drug-likeness (QED) is 0.653. The van der Waals surface area contributed by atoms with E-state index < -0.39 is 5.97 Å². The van der Waals surface area contributed by atoms with Gasteiger partial charge in [-0.25, -0.2) is 4.68 Å². The molecule has 0 saturated heterocycles. The van der Waals surface area contributed by atoms with Gasteiger partial charge < -0.3 is 10.4 Å². The van der Waals surface area contributed by atoms with Crippen LogP contribution in [-0.4, -0.2) is 33.3 Å². The van der Waals surface area contributed by atoms with Gasteiger partial charge in [0.05, 0.1) is 10.7 Å². The fraction of sp³-hybridized carbons (Fsp3) is 0.333. The van der Waals surface area contributed by atoms with Crippen molar-refractivity contribution in [1.29, 1.82) is 0 Å². The number of hydrogen-bond donors (Lipinski definition) is 2. The first-order valence-electron chi connectivity index (χ1n) is 8.29. The number of unbranched alkanes of at least 4 members (excludes halogenated alkanes) is 2. The number of carbonyl (C=O) groups is 2.